The summed E-state index contributed by atoms with van der Waals surface area (Å²) >= 11 is 0. The predicted molar refractivity (Wildman–Crippen MR) is 41.6 cm³/mol. The van der Waals surface area contributed by atoms with Gasteiger partial charge in [-0.1, -0.05) is 12.8 Å². The molecule has 0 saturated heterocycles. The molecule has 60 valence electrons. The van der Waals surface area contributed by atoms with Gasteiger partial charge in [0.05, 0.1) is 0 Å². The van der Waals surface area contributed by atoms with Crippen LogP contribution in [0.1, 0.15) is 25.7 Å². The Morgan fingerprint density at radius 3 is 2.20 bits per heavy atom. The zero-order chi connectivity index (χ0) is 7.40. The molecule has 0 aromatic heterocycles. The van der Waals surface area contributed by atoms with E-state index < -0.39 is 0 Å². The first-order valence-corrected chi connectivity index (χ1v) is 4.19. The molecular weight excluding hydrogens is 126 g/mol. The number of aliphatic hydroxyl groups excluding tert-OH is 1. The second kappa shape index (κ2) is 3.94. The Morgan fingerprint density at radius 2 is 1.80 bits per heavy atom. The lowest BCUT2D eigenvalue weighted by Crippen LogP contribution is -2.28. The number of rotatable bonds is 2. The van der Waals surface area contributed by atoms with Gasteiger partial charge in [-0.2, -0.15) is 0 Å². The molecule has 0 aromatic rings. The highest BCUT2D eigenvalue weighted by Gasteiger charge is 2.22. The summed E-state index contributed by atoms with van der Waals surface area (Å²) in [5.41, 5.74) is 5.56. The standard InChI is InChI=1S/C8H17NO/c9-5-7-3-1-2-4-8(7)6-10/h7-8,10H,1-6,9H2. The molecule has 0 bridgehead atoms. The van der Waals surface area contributed by atoms with Crippen LogP contribution in [0.2, 0.25) is 0 Å². The second-order valence-corrected chi connectivity index (χ2v) is 3.22. The third kappa shape index (κ3) is 1.70. The molecule has 1 rings (SSSR count). The predicted octanol–water partition coefficient (Wildman–Crippen LogP) is 0.744. The van der Waals surface area contributed by atoms with Gasteiger partial charge in [0.15, 0.2) is 0 Å². The lowest BCUT2D eigenvalue weighted by Gasteiger charge is -2.28. The van der Waals surface area contributed by atoms with Crippen LogP contribution in [0.4, 0.5) is 0 Å². The average Bonchev–Trinajstić information content (AvgIpc) is 2.04. The van der Waals surface area contributed by atoms with Gasteiger partial charge in [0.2, 0.25) is 0 Å². The average molecular weight is 143 g/mol. The first kappa shape index (κ1) is 8.02. The molecule has 1 fully saturated rings. The molecule has 0 aliphatic heterocycles. The van der Waals surface area contributed by atoms with E-state index in [0.29, 0.717) is 18.4 Å². The smallest absolute Gasteiger partial charge is 0.0462 e. The van der Waals surface area contributed by atoms with Crippen molar-refractivity contribution in [3.05, 3.63) is 0 Å². The molecule has 0 spiro atoms. The first-order chi connectivity index (χ1) is 4.88. The highest BCUT2D eigenvalue weighted by atomic mass is 16.3. The van der Waals surface area contributed by atoms with E-state index in [1.54, 1.807) is 0 Å². The molecule has 2 atom stereocenters. The van der Waals surface area contributed by atoms with Gasteiger partial charge >= 0.3 is 0 Å². The van der Waals surface area contributed by atoms with E-state index in [9.17, 15) is 0 Å². The van der Waals surface area contributed by atoms with Gasteiger partial charge < -0.3 is 10.8 Å². The van der Waals surface area contributed by atoms with Crippen LogP contribution in [0, 0.1) is 11.8 Å². The van der Waals surface area contributed by atoms with Crippen LogP contribution in [0.15, 0.2) is 0 Å². The van der Waals surface area contributed by atoms with Crippen molar-refractivity contribution in [2.24, 2.45) is 17.6 Å². The first-order valence-electron chi connectivity index (χ1n) is 4.19. The molecule has 1 aliphatic rings. The number of hydrogen-bond acceptors (Lipinski definition) is 2. The molecule has 0 amide bonds. The minimum Gasteiger partial charge on any atom is -0.396 e. The Hall–Kier alpha value is -0.0800. The van der Waals surface area contributed by atoms with E-state index in [4.69, 9.17) is 10.8 Å². The summed E-state index contributed by atoms with van der Waals surface area (Å²) in [6.07, 6.45) is 4.99. The SMILES string of the molecule is NCC1CCCCC1CO. The summed E-state index contributed by atoms with van der Waals surface area (Å²) in [6, 6.07) is 0. The quantitative estimate of drug-likeness (QED) is 0.599. The van der Waals surface area contributed by atoms with Crippen molar-refractivity contribution in [2.75, 3.05) is 13.2 Å². The largest absolute Gasteiger partial charge is 0.396 e. The molecule has 2 nitrogen and oxygen atoms in total. The molecule has 2 heteroatoms. The van der Waals surface area contributed by atoms with E-state index in [1.807, 2.05) is 0 Å². The van der Waals surface area contributed by atoms with Crippen LogP contribution in [-0.2, 0) is 0 Å². The van der Waals surface area contributed by atoms with Gasteiger partial charge in [-0.3, -0.25) is 0 Å². The van der Waals surface area contributed by atoms with Gasteiger partial charge in [0.25, 0.3) is 0 Å². The molecular formula is C8H17NO. The van der Waals surface area contributed by atoms with Gasteiger partial charge in [0, 0.05) is 6.61 Å². The molecule has 1 saturated carbocycles. The fourth-order valence-corrected chi connectivity index (χ4v) is 1.84. The van der Waals surface area contributed by atoms with Gasteiger partial charge in [-0.25, -0.2) is 0 Å². The molecule has 0 radical (unpaired) electrons. The minimum atomic E-state index is 0.335. The Bertz CT molecular complexity index is 83.3. The van der Waals surface area contributed by atoms with Crippen LogP contribution in [0.3, 0.4) is 0 Å². The molecule has 0 heterocycles. The molecule has 0 aromatic carbocycles. The highest BCUT2D eigenvalue weighted by Crippen LogP contribution is 2.28. The van der Waals surface area contributed by atoms with Gasteiger partial charge in [-0.15, -0.1) is 0 Å². The molecule has 3 N–H and O–H groups in total. The summed E-state index contributed by atoms with van der Waals surface area (Å²) in [5.74, 6) is 1.09. The van der Waals surface area contributed by atoms with Gasteiger partial charge in [0.1, 0.15) is 0 Å². The summed E-state index contributed by atoms with van der Waals surface area (Å²) in [4.78, 5) is 0. The second-order valence-electron chi connectivity index (χ2n) is 3.22. The van der Waals surface area contributed by atoms with Gasteiger partial charge in [-0.05, 0) is 31.2 Å². The van der Waals surface area contributed by atoms with E-state index in [-0.39, 0.29) is 0 Å². The number of hydrogen-bond donors (Lipinski definition) is 2. The van der Waals surface area contributed by atoms with Crippen molar-refractivity contribution in [3.8, 4) is 0 Å². The van der Waals surface area contributed by atoms with Crippen molar-refractivity contribution in [1.82, 2.24) is 0 Å². The van der Waals surface area contributed by atoms with Crippen LogP contribution < -0.4 is 5.73 Å². The number of nitrogens with two attached hydrogens (primary N) is 1. The summed E-state index contributed by atoms with van der Waals surface area (Å²) in [5, 5.41) is 8.94. The van der Waals surface area contributed by atoms with E-state index in [1.165, 1.54) is 25.7 Å². The van der Waals surface area contributed by atoms with E-state index >= 15 is 0 Å². The third-order valence-corrected chi connectivity index (χ3v) is 2.60. The summed E-state index contributed by atoms with van der Waals surface area (Å²) in [7, 11) is 0. The van der Waals surface area contributed by atoms with Crippen LogP contribution >= 0.6 is 0 Å². The van der Waals surface area contributed by atoms with Crippen LogP contribution in [0.25, 0.3) is 0 Å². The van der Waals surface area contributed by atoms with Crippen LogP contribution in [-0.4, -0.2) is 18.3 Å². The van der Waals surface area contributed by atoms with Crippen molar-refractivity contribution in [3.63, 3.8) is 0 Å². The minimum absolute atomic E-state index is 0.335. The Balaban J connectivity index is 2.34. The normalized spacial score (nSPS) is 34.2. The summed E-state index contributed by atoms with van der Waals surface area (Å²) in [6.45, 7) is 1.09. The third-order valence-electron chi connectivity index (χ3n) is 2.60. The van der Waals surface area contributed by atoms with Crippen molar-refractivity contribution in [1.29, 1.82) is 0 Å². The summed E-state index contributed by atoms with van der Waals surface area (Å²) < 4.78 is 0. The topological polar surface area (TPSA) is 46.2 Å². The maximum absolute atomic E-state index is 8.94. The number of aliphatic hydroxyl groups is 1. The van der Waals surface area contributed by atoms with E-state index in [0.717, 1.165) is 6.54 Å². The maximum Gasteiger partial charge on any atom is 0.0462 e. The lowest BCUT2D eigenvalue weighted by molar-refractivity contribution is 0.138. The molecule has 1 aliphatic carbocycles. The van der Waals surface area contributed by atoms with Crippen molar-refractivity contribution in [2.45, 2.75) is 25.7 Å². The fourth-order valence-electron chi connectivity index (χ4n) is 1.84. The Morgan fingerprint density at radius 1 is 1.20 bits per heavy atom. The fraction of sp³-hybridized carbons (Fsp3) is 1.00. The van der Waals surface area contributed by atoms with Crippen molar-refractivity contribution >= 4 is 0 Å². The van der Waals surface area contributed by atoms with E-state index in [2.05, 4.69) is 0 Å². The monoisotopic (exact) mass is 143 g/mol. The Labute approximate surface area is 62.4 Å². The highest BCUT2D eigenvalue weighted by molar-refractivity contribution is 4.74. The Kier molecular flexibility index (Phi) is 3.16. The molecule has 10 heavy (non-hydrogen) atoms. The lowest BCUT2D eigenvalue weighted by atomic mass is 9.80. The zero-order valence-corrected chi connectivity index (χ0v) is 6.42. The molecule has 2 unspecified atom stereocenters. The zero-order valence-electron chi connectivity index (χ0n) is 6.42. The van der Waals surface area contributed by atoms with Crippen molar-refractivity contribution < 1.29 is 5.11 Å². The maximum atomic E-state index is 8.94. The van der Waals surface area contributed by atoms with Crippen LogP contribution in [0.5, 0.6) is 0 Å².